The first-order valence-electron chi connectivity index (χ1n) is 5.40. The van der Waals surface area contributed by atoms with Crippen molar-refractivity contribution in [1.82, 2.24) is 5.32 Å². The summed E-state index contributed by atoms with van der Waals surface area (Å²) in [6.07, 6.45) is 4.09. The van der Waals surface area contributed by atoms with Crippen LogP contribution in [0.4, 0.5) is 0 Å². The van der Waals surface area contributed by atoms with E-state index in [2.05, 4.69) is 5.32 Å². The van der Waals surface area contributed by atoms with Crippen LogP contribution < -0.4 is 5.32 Å². The van der Waals surface area contributed by atoms with Gasteiger partial charge in [-0.1, -0.05) is 0 Å². The second kappa shape index (κ2) is 4.89. The summed E-state index contributed by atoms with van der Waals surface area (Å²) in [7, 11) is 1.82. The molecule has 82 valence electrons. The van der Waals surface area contributed by atoms with Crippen molar-refractivity contribution >= 4 is 5.78 Å². The van der Waals surface area contributed by atoms with Crippen LogP contribution in [-0.4, -0.2) is 31.1 Å². The zero-order valence-corrected chi connectivity index (χ0v) is 9.43. The van der Waals surface area contributed by atoms with E-state index in [1.165, 1.54) is 0 Å². The minimum atomic E-state index is -0.390. The lowest BCUT2D eigenvalue weighted by Crippen LogP contribution is -2.44. The number of likely N-dealkylation sites (N-methyl/N-ethyl adjacent to an activating group) is 1. The van der Waals surface area contributed by atoms with Crippen LogP contribution in [0, 0.1) is 0 Å². The molecule has 0 aromatic carbocycles. The fourth-order valence-electron chi connectivity index (χ4n) is 1.62. The van der Waals surface area contributed by atoms with E-state index in [-0.39, 0.29) is 5.78 Å². The van der Waals surface area contributed by atoms with Gasteiger partial charge in [-0.25, -0.2) is 0 Å². The Morgan fingerprint density at radius 1 is 1.57 bits per heavy atom. The van der Waals surface area contributed by atoms with Crippen LogP contribution in [0.25, 0.3) is 0 Å². The highest BCUT2D eigenvalue weighted by Crippen LogP contribution is 2.18. The van der Waals surface area contributed by atoms with Crippen LogP contribution in [0.3, 0.4) is 0 Å². The number of ether oxygens (including phenoxy) is 1. The molecule has 0 bridgehead atoms. The number of carbonyl (C=O) groups is 1. The molecule has 0 saturated carbocycles. The Bertz CT molecular complexity index is 195. The number of nitrogens with one attached hydrogen (secondary N) is 1. The maximum atomic E-state index is 11.7. The molecular formula is C11H21NO2. The summed E-state index contributed by atoms with van der Waals surface area (Å²) in [5.74, 6) is 0.274. The molecule has 0 amide bonds. The van der Waals surface area contributed by atoms with Crippen LogP contribution in [-0.2, 0) is 9.53 Å². The third-order valence-electron chi connectivity index (χ3n) is 3.04. The molecule has 3 nitrogen and oxygen atoms in total. The highest BCUT2D eigenvalue weighted by molar-refractivity contribution is 5.87. The molecule has 1 aliphatic heterocycles. The van der Waals surface area contributed by atoms with E-state index in [1.54, 1.807) is 0 Å². The van der Waals surface area contributed by atoms with E-state index in [0.717, 1.165) is 25.9 Å². The molecule has 3 heteroatoms. The van der Waals surface area contributed by atoms with E-state index in [4.69, 9.17) is 4.74 Å². The molecular weight excluding hydrogens is 178 g/mol. The van der Waals surface area contributed by atoms with Crippen molar-refractivity contribution in [1.29, 1.82) is 0 Å². The van der Waals surface area contributed by atoms with Gasteiger partial charge in [0.15, 0.2) is 5.78 Å². The van der Waals surface area contributed by atoms with Gasteiger partial charge in [-0.2, -0.15) is 0 Å². The molecule has 0 aliphatic carbocycles. The van der Waals surface area contributed by atoms with E-state index >= 15 is 0 Å². The van der Waals surface area contributed by atoms with Crippen molar-refractivity contribution in [2.45, 2.75) is 51.2 Å². The summed E-state index contributed by atoms with van der Waals surface area (Å²) in [6, 6.07) is 0. The Labute approximate surface area is 86.2 Å². The van der Waals surface area contributed by atoms with Crippen LogP contribution in [0.5, 0.6) is 0 Å². The van der Waals surface area contributed by atoms with E-state index < -0.39 is 5.54 Å². The average Bonchev–Trinajstić information content (AvgIpc) is 2.66. The topological polar surface area (TPSA) is 38.3 Å². The zero-order valence-electron chi connectivity index (χ0n) is 9.43. The molecule has 14 heavy (non-hydrogen) atoms. The molecule has 1 aliphatic rings. The van der Waals surface area contributed by atoms with Gasteiger partial charge in [0.05, 0.1) is 11.6 Å². The maximum Gasteiger partial charge on any atom is 0.152 e. The van der Waals surface area contributed by atoms with E-state index in [9.17, 15) is 4.79 Å². The number of ketones is 1. The van der Waals surface area contributed by atoms with Gasteiger partial charge in [0, 0.05) is 13.0 Å². The first kappa shape index (κ1) is 11.7. The van der Waals surface area contributed by atoms with Gasteiger partial charge < -0.3 is 10.1 Å². The normalized spacial score (nSPS) is 22.6. The number of hydrogen-bond acceptors (Lipinski definition) is 3. The predicted molar refractivity (Wildman–Crippen MR) is 56.4 cm³/mol. The van der Waals surface area contributed by atoms with Gasteiger partial charge >= 0.3 is 0 Å². The first-order valence-corrected chi connectivity index (χ1v) is 5.40. The molecule has 0 aromatic rings. The van der Waals surface area contributed by atoms with Crippen molar-refractivity contribution in [3.05, 3.63) is 0 Å². The number of hydrogen-bond donors (Lipinski definition) is 1. The fraction of sp³-hybridized carbons (Fsp3) is 0.909. The molecule has 1 heterocycles. The molecule has 0 radical (unpaired) electrons. The van der Waals surface area contributed by atoms with Gasteiger partial charge in [-0.15, -0.1) is 0 Å². The van der Waals surface area contributed by atoms with Crippen molar-refractivity contribution in [2.24, 2.45) is 0 Å². The number of Topliss-reactive ketones (excluding diaryl/α,β-unsaturated/α-hetero) is 1. The summed E-state index contributed by atoms with van der Waals surface area (Å²) < 4.78 is 5.48. The summed E-state index contributed by atoms with van der Waals surface area (Å²) in [5.41, 5.74) is -0.390. The Kier molecular flexibility index (Phi) is 4.08. The van der Waals surface area contributed by atoms with Crippen molar-refractivity contribution in [3.8, 4) is 0 Å². The third-order valence-corrected chi connectivity index (χ3v) is 3.04. The van der Waals surface area contributed by atoms with Crippen molar-refractivity contribution in [2.75, 3.05) is 13.7 Å². The highest BCUT2D eigenvalue weighted by Gasteiger charge is 2.26. The van der Waals surface area contributed by atoms with Crippen molar-refractivity contribution in [3.63, 3.8) is 0 Å². The van der Waals surface area contributed by atoms with Crippen LogP contribution in [0.15, 0.2) is 0 Å². The van der Waals surface area contributed by atoms with Crippen LogP contribution in [0.1, 0.15) is 39.5 Å². The lowest BCUT2D eigenvalue weighted by molar-refractivity contribution is -0.124. The van der Waals surface area contributed by atoms with Gasteiger partial charge in [-0.3, -0.25) is 4.79 Å². The predicted octanol–water partition coefficient (Wildman–Crippen LogP) is 1.51. The van der Waals surface area contributed by atoms with Crippen LogP contribution in [0.2, 0.25) is 0 Å². The van der Waals surface area contributed by atoms with Crippen LogP contribution >= 0.6 is 0 Å². The summed E-state index contributed by atoms with van der Waals surface area (Å²) >= 11 is 0. The number of rotatable bonds is 5. The summed E-state index contributed by atoms with van der Waals surface area (Å²) in [5, 5.41) is 3.03. The molecule has 0 aromatic heterocycles. The van der Waals surface area contributed by atoms with E-state index in [0.29, 0.717) is 12.5 Å². The standard InChI is InChI=1S/C11H21NO2/c1-11(2,12-3)10(13)7-6-9-5-4-8-14-9/h9,12H,4-8H2,1-3H3. The SMILES string of the molecule is CNC(C)(C)C(=O)CCC1CCCO1. The molecule has 1 N–H and O–H groups in total. The molecule has 1 unspecified atom stereocenters. The Hall–Kier alpha value is -0.410. The van der Waals surface area contributed by atoms with Gasteiger partial charge in [0.2, 0.25) is 0 Å². The average molecular weight is 199 g/mol. The van der Waals surface area contributed by atoms with E-state index in [1.807, 2.05) is 20.9 Å². The molecule has 1 saturated heterocycles. The highest BCUT2D eigenvalue weighted by atomic mass is 16.5. The molecule has 1 atom stereocenters. The van der Waals surface area contributed by atoms with Crippen molar-refractivity contribution < 1.29 is 9.53 Å². The monoisotopic (exact) mass is 199 g/mol. The molecule has 1 rings (SSSR count). The first-order chi connectivity index (χ1) is 6.56. The smallest absolute Gasteiger partial charge is 0.152 e. The minimum absolute atomic E-state index is 0.274. The largest absolute Gasteiger partial charge is 0.378 e. The molecule has 0 spiro atoms. The number of carbonyl (C=O) groups excluding carboxylic acids is 1. The Morgan fingerprint density at radius 3 is 2.79 bits per heavy atom. The lowest BCUT2D eigenvalue weighted by atomic mass is 9.94. The fourth-order valence-corrected chi connectivity index (χ4v) is 1.62. The third kappa shape index (κ3) is 3.07. The quantitative estimate of drug-likeness (QED) is 0.729. The summed E-state index contributed by atoms with van der Waals surface area (Å²) in [6.45, 7) is 4.71. The second-order valence-corrected chi connectivity index (χ2v) is 4.47. The van der Waals surface area contributed by atoms with Gasteiger partial charge in [-0.05, 0) is 40.2 Å². The minimum Gasteiger partial charge on any atom is -0.378 e. The zero-order chi connectivity index (χ0) is 10.6. The molecule has 1 fully saturated rings. The summed E-state index contributed by atoms with van der Waals surface area (Å²) in [4.78, 5) is 11.7. The lowest BCUT2D eigenvalue weighted by Gasteiger charge is -2.22. The maximum absolute atomic E-state index is 11.7. The second-order valence-electron chi connectivity index (χ2n) is 4.47. The van der Waals surface area contributed by atoms with Gasteiger partial charge in [0.25, 0.3) is 0 Å². The van der Waals surface area contributed by atoms with Gasteiger partial charge in [0.1, 0.15) is 0 Å². The Balaban J connectivity index is 2.26. The Morgan fingerprint density at radius 2 is 2.29 bits per heavy atom.